The minimum Gasteiger partial charge on any atom is -0.198 e. The molecule has 0 spiro atoms. The van der Waals surface area contributed by atoms with Gasteiger partial charge in [0.2, 0.25) is 0 Å². The van der Waals surface area contributed by atoms with E-state index in [1.165, 1.54) is 89.9 Å². The Morgan fingerprint density at radius 2 is 1.17 bits per heavy atom. The number of rotatable bonds is 4. The number of nitrogens with zero attached hydrogens (tertiary/aromatic N) is 1. The molecule has 3 rings (SSSR count). The summed E-state index contributed by atoms with van der Waals surface area (Å²) in [5.74, 6) is 4.64. The Bertz CT molecular complexity index is 410. The zero-order valence-corrected chi connectivity index (χ0v) is 16.2. The summed E-state index contributed by atoms with van der Waals surface area (Å²) in [5, 5.41) is 9.97. The van der Waals surface area contributed by atoms with Crippen LogP contribution in [0.4, 0.5) is 0 Å². The molecule has 0 aromatic carbocycles. The van der Waals surface area contributed by atoms with Crippen molar-refractivity contribution in [3.05, 3.63) is 0 Å². The van der Waals surface area contributed by atoms with Crippen molar-refractivity contribution >= 4 is 0 Å². The second-order valence-corrected chi connectivity index (χ2v) is 9.42. The molecule has 0 atom stereocenters. The van der Waals surface area contributed by atoms with Crippen molar-refractivity contribution in [1.29, 1.82) is 5.26 Å². The first kappa shape index (κ1) is 18.3. The van der Waals surface area contributed by atoms with Crippen LogP contribution in [0, 0.1) is 46.3 Å². The first-order valence-electron chi connectivity index (χ1n) is 11.1. The van der Waals surface area contributed by atoms with E-state index in [0.29, 0.717) is 5.92 Å². The number of hydrogen-bond donors (Lipinski definition) is 0. The fourth-order valence-electron chi connectivity index (χ4n) is 6.42. The van der Waals surface area contributed by atoms with Gasteiger partial charge in [-0.05, 0) is 93.8 Å². The summed E-state index contributed by atoms with van der Waals surface area (Å²) in [4.78, 5) is 0. The van der Waals surface area contributed by atoms with Gasteiger partial charge >= 0.3 is 0 Å². The van der Waals surface area contributed by atoms with Gasteiger partial charge in [0.1, 0.15) is 0 Å². The molecule has 0 aliphatic heterocycles. The molecule has 3 saturated carbocycles. The molecule has 3 aliphatic carbocycles. The van der Waals surface area contributed by atoms with Gasteiger partial charge in [-0.2, -0.15) is 5.26 Å². The summed E-state index contributed by atoms with van der Waals surface area (Å²) in [6.45, 7) is 4.69. The predicted molar refractivity (Wildman–Crippen MR) is 101 cm³/mol. The molecule has 0 unspecified atom stereocenters. The topological polar surface area (TPSA) is 23.8 Å². The number of nitriles is 1. The van der Waals surface area contributed by atoms with E-state index in [0.717, 1.165) is 23.7 Å². The summed E-state index contributed by atoms with van der Waals surface area (Å²) in [6.07, 6.45) is 19.2. The molecule has 3 aliphatic rings. The summed E-state index contributed by atoms with van der Waals surface area (Å²) in [7, 11) is 0. The molecule has 0 N–H and O–H groups in total. The molecule has 3 fully saturated rings. The highest BCUT2D eigenvalue weighted by Crippen LogP contribution is 2.52. The van der Waals surface area contributed by atoms with Crippen molar-refractivity contribution in [2.75, 3.05) is 0 Å². The Labute approximate surface area is 150 Å². The van der Waals surface area contributed by atoms with E-state index < -0.39 is 0 Å². The van der Waals surface area contributed by atoms with E-state index in [9.17, 15) is 5.26 Å². The van der Waals surface area contributed by atoms with Crippen LogP contribution in [0.25, 0.3) is 0 Å². The van der Waals surface area contributed by atoms with Crippen LogP contribution < -0.4 is 0 Å². The monoisotopic (exact) mass is 329 g/mol. The lowest BCUT2D eigenvalue weighted by Crippen LogP contribution is -2.37. The lowest BCUT2D eigenvalue weighted by molar-refractivity contribution is 0.0660. The highest BCUT2D eigenvalue weighted by molar-refractivity contribution is 5.06. The third-order valence-electron chi connectivity index (χ3n) is 8.49. The summed E-state index contributed by atoms with van der Waals surface area (Å²) < 4.78 is 0. The second kappa shape index (κ2) is 8.25. The fourth-order valence-corrected chi connectivity index (χ4v) is 6.42. The molecule has 0 amide bonds. The molecule has 0 aromatic rings. The Morgan fingerprint density at radius 3 is 1.62 bits per heavy atom. The molecule has 1 nitrogen and oxygen atoms in total. The quantitative estimate of drug-likeness (QED) is 0.538. The third-order valence-corrected chi connectivity index (χ3v) is 8.49. The van der Waals surface area contributed by atoms with Crippen LogP contribution >= 0.6 is 0 Å². The van der Waals surface area contributed by atoms with Gasteiger partial charge in [-0.1, -0.05) is 39.5 Å². The van der Waals surface area contributed by atoms with Gasteiger partial charge in [0.05, 0.1) is 11.5 Å². The van der Waals surface area contributed by atoms with Crippen LogP contribution in [0.3, 0.4) is 0 Å². The molecule has 136 valence electrons. The van der Waals surface area contributed by atoms with E-state index in [2.05, 4.69) is 19.9 Å². The highest BCUT2D eigenvalue weighted by Gasteiger charge is 2.44. The van der Waals surface area contributed by atoms with Crippen molar-refractivity contribution in [1.82, 2.24) is 0 Å². The van der Waals surface area contributed by atoms with Crippen molar-refractivity contribution in [3.8, 4) is 6.07 Å². The molecule has 0 aromatic heterocycles. The van der Waals surface area contributed by atoms with Gasteiger partial charge in [-0.3, -0.25) is 0 Å². The van der Waals surface area contributed by atoms with Crippen LogP contribution in [0.15, 0.2) is 0 Å². The zero-order valence-electron chi connectivity index (χ0n) is 16.2. The van der Waals surface area contributed by atoms with Crippen LogP contribution in [0.2, 0.25) is 0 Å². The Kier molecular flexibility index (Phi) is 6.28. The second-order valence-electron chi connectivity index (χ2n) is 9.42. The largest absolute Gasteiger partial charge is 0.198 e. The van der Waals surface area contributed by atoms with Crippen molar-refractivity contribution in [2.45, 2.75) is 104 Å². The molecular formula is C23H39N. The Hall–Kier alpha value is -0.510. The summed E-state index contributed by atoms with van der Waals surface area (Å²) in [5.41, 5.74) is 0.0521. The van der Waals surface area contributed by atoms with E-state index in [-0.39, 0.29) is 5.41 Å². The summed E-state index contributed by atoms with van der Waals surface area (Å²) in [6, 6.07) is 2.84. The van der Waals surface area contributed by atoms with Crippen LogP contribution in [0.5, 0.6) is 0 Å². The average Bonchev–Trinajstić information content (AvgIpc) is 2.68. The van der Waals surface area contributed by atoms with E-state index in [1.807, 2.05) is 0 Å². The van der Waals surface area contributed by atoms with Crippen molar-refractivity contribution < 1.29 is 0 Å². The minimum absolute atomic E-state index is 0.0521. The average molecular weight is 330 g/mol. The maximum Gasteiger partial charge on any atom is 0.0692 e. The van der Waals surface area contributed by atoms with E-state index >= 15 is 0 Å². The lowest BCUT2D eigenvalue weighted by atomic mass is 9.58. The van der Waals surface area contributed by atoms with E-state index in [1.54, 1.807) is 0 Å². The normalized spacial score (nSPS) is 44.0. The van der Waals surface area contributed by atoms with Gasteiger partial charge in [-0.25, -0.2) is 0 Å². The first-order valence-corrected chi connectivity index (χ1v) is 11.1. The Morgan fingerprint density at radius 1 is 0.708 bits per heavy atom. The predicted octanol–water partition coefficient (Wildman–Crippen LogP) is 7.12. The summed E-state index contributed by atoms with van der Waals surface area (Å²) >= 11 is 0. The molecule has 0 bridgehead atoms. The molecule has 24 heavy (non-hydrogen) atoms. The molecule has 0 radical (unpaired) electrons. The smallest absolute Gasteiger partial charge is 0.0692 e. The highest BCUT2D eigenvalue weighted by atomic mass is 14.5. The van der Waals surface area contributed by atoms with Crippen LogP contribution in [0.1, 0.15) is 104 Å². The lowest BCUT2D eigenvalue weighted by Gasteiger charge is -2.45. The van der Waals surface area contributed by atoms with Crippen LogP contribution in [-0.2, 0) is 0 Å². The Balaban J connectivity index is 1.50. The molecular weight excluding hydrogens is 290 g/mol. The first-order chi connectivity index (χ1) is 11.7. The maximum atomic E-state index is 9.97. The van der Waals surface area contributed by atoms with Gasteiger partial charge in [0.25, 0.3) is 0 Å². The molecule has 0 saturated heterocycles. The third kappa shape index (κ3) is 3.84. The minimum atomic E-state index is 0.0521. The van der Waals surface area contributed by atoms with Gasteiger partial charge in [0, 0.05) is 0 Å². The maximum absolute atomic E-state index is 9.97. The van der Waals surface area contributed by atoms with Crippen LogP contribution in [-0.4, -0.2) is 0 Å². The zero-order chi connectivity index (χ0) is 17.0. The fraction of sp³-hybridized carbons (Fsp3) is 0.957. The van der Waals surface area contributed by atoms with E-state index in [4.69, 9.17) is 0 Å². The standard InChI is InChI=1S/C23H39N/c1-3-18-5-7-20(8-6-18)21-9-11-22(12-10-21)23(17-24)15-13-19(4-2)14-16-23/h18-22H,3-16H2,1-2H3/t18-,19-,20-,21-,22+,23+. The van der Waals surface area contributed by atoms with Gasteiger partial charge in [-0.15, -0.1) is 0 Å². The molecule has 1 heteroatoms. The van der Waals surface area contributed by atoms with Gasteiger partial charge in [0.15, 0.2) is 0 Å². The van der Waals surface area contributed by atoms with Crippen molar-refractivity contribution in [3.63, 3.8) is 0 Å². The number of hydrogen-bond acceptors (Lipinski definition) is 1. The molecule has 0 heterocycles. The van der Waals surface area contributed by atoms with Crippen molar-refractivity contribution in [2.24, 2.45) is 35.0 Å². The van der Waals surface area contributed by atoms with Gasteiger partial charge < -0.3 is 0 Å². The SMILES string of the molecule is CC[C@H]1CC[C@H]([C@H]2CC[C@@H]([C@]3(C#N)CC[C@H](CC)CC3)CC2)CC1.